The minimum Gasteiger partial charge on any atom is -0.355 e. The van der Waals surface area contributed by atoms with Gasteiger partial charge in [-0.05, 0) is 36.4 Å². The number of nitrogens with one attached hydrogen (secondary N) is 1. The fourth-order valence-corrected chi connectivity index (χ4v) is 4.89. The second-order valence-electron chi connectivity index (χ2n) is 7.34. The Kier molecular flexibility index (Phi) is 5.91. The van der Waals surface area contributed by atoms with Crippen molar-refractivity contribution in [2.24, 2.45) is 0 Å². The molecule has 0 bridgehead atoms. The summed E-state index contributed by atoms with van der Waals surface area (Å²) < 4.78 is 2.76. The second-order valence-corrected chi connectivity index (χ2v) is 8.42. The molecule has 7 rings (SSSR count). The van der Waals surface area contributed by atoms with E-state index in [1.165, 1.54) is 42.0 Å². The number of hydrogen-bond donors (Lipinski definition) is 1. The lowest BCUT2D eigenvalue weighted by Gasteiger charge is -1.88. The predicted molar refractivity (Wildman–Crippen MR) is 139 cm³/mol. The first kappa shape index (κ1) is 20.0. The predicted octanol–water partition coefficient (Wildman–Crippen LogP) is 8.46. The number of aromatic amines is 1. The maximum absolute atomic E-state index is 3.78. The van der Waals surface area contributed by atoms with Crippen LogP contribution in [0.5, 0.6) is 0 Å². The van der Waals surface area contributed by atoms with Crippen molar-refractivity contribution < 1.29 is 0 Å². The molecule has 0 aliphatic heterocycles. The zero-order valence-corrected chi connectivity index (χ0v) is 18.3. The first-order valence-corrected chi connectivity index (χ1v) is 11.4. The summed E-state index contributed by atoms with van der Waals surface area (Å²) in [6.07, 6.45) is 3.50. The van der Waals surface area contributed by atoms with Gasteiger partial charge < -0.3 is 4.98 Å². The molecule has 0 aliphatic carbocycles. The molecular weight excluding hydrogens is 408 g/mol. The molecule has 154 valence electrons. The summed E-state index contributed by atoms with van der Waals surface area (Å²) in [6.45, 7) is 0. The molecule has 0 fully saturated rings. The van der Waals surface area contributed by atoms with Crippen LogP contribution in [0.3, 0.4) is 0 Å². The Morgan fingerprint density at radius 3 is 1.31 bits per heavy atom. The van der Waals surface area contributed by atoms with Crippen LogP contribution in [0.2, 0.25) is 0 Å². The Bertz CT molecular complexity index is 1350. The summed E-state index contributed by atoms with van der Waals surface area (Å²) >= 11 is 1.86. The fraction of sp³-hybridized carbons (Fsp3) is 0. The molecule has 0 saturated carbocycles. The van der Waals surface area contributed by atoms with Gasteiger partial charge in [0.15, 0.2) is 0 Å². The van der Waals surface area contributed by atoms with Crippen molar-refractivity contribution in [3.63, 3.8) is 0 Å². The molecule has 4 aromatic carbocycles. The van der Waals surface area contributed by atoms with Crippen molar-refractivity contribution in [3.8, 4) is 0 Å². The number of H-pyrrole nitrogens is 1. The van der Waals surface area contributed by atoms with Crippen LogP contribution in [0.15, 0.2) is 128 Å². The van der Waals surface area contributed by atoms with Gasteiger partial charge in [-0.2, -0.15) is 0 Å². The number of rotatable bonds is 0. The van der Waals surface area contributed by atoms with Crippen molar-refractivity contribution in [2.45, 2.75) is 0 Å². The van der Waals surface area contributed by atoms with Gasteiger partial charge >= 0.3 is 0 Å². The minimum atomic E-state index is 1.21. The van der Waals surface area contributed by atoms with Crippen molar-refractivity contribution in [1.82, 2.24) is 9.97 Å². The monoisotopic (exact) mass is 430 g/mol. The third kappa shape index (κ3) is 4.25. The van der Waals surface area contributed by atoms with E-state index in [9.17, 15) is 0 Å². The van der Waals surface area contributed by atoms with Gasteiger partial charge in [0.25, 0.3) is 0 Å². The molecule has 3 heteroatoms. The summed E-state index contributed by atoms with van der Waals surface area (Å²) in [5.74, 6) is 0. The van der Waals surface area contributed by atoms with Gasteiger partial charge in [-0.3, -0.25) is 4.98 Å². The van der Waals surface area contributed by atoms with E-state index in [4.69, 9.17) is 0 Å². The highest BCUT2D eigenvalue weighted by Crippen LogP contribution is 2.32. The maximum Gasteiger partial charge on any atom is 0.0464 e. The topological polar surface area (TPSA) is 28.7 Å². The average molecular weight is 431 g/mol. The van der Waals surface area contributed by atoms with Crippen molar-refractivity contribution in [3.05, 3.63) is 128 Å². The molecular formula is C29H22N2S. The number of benzene rings is 4. The molecule has 32 heavy (non-hydrogen) atoms. The molecule has 0 atom stereocenters. The number of aromatic nitrogens is 2. The Morgan fingerprint density at radius 2 is 0.875 bits per heavy atom. The van der Waals surface area contributed by atoms with Gasteiger partial charge in [0, 0.05) is 54.4 Å². The van der Waals surface area contributed by atoms with E-state index in [1.807, 2.05) is 29.5 Å². The third-order valence-electron chi connectivity index (χ3n) is 5.26. The second kappa shape index (κ2) is 9.46. The van der Waals surface area contributed by atoms with Crippen LogP contribution >= 0.6 is 11.3 Å². The number of fused-ring (bicyclic) bond motifs is 6. The Morgan fingerprint density at radius 1 is 0.438 bits per heavy atom. The van der Waals surface area contributed by atoms with E-state index in [1.54, 1.807) is 12.4 Å². The summed E-state index contributed by atoms with van der Waals surface area (Å²) in [7, 11) is 0. The van der Waals surface area contributed by atoms with Crippen LogP contribution in [-0.2, 0) is 0 Å². The lowest BCUT2D eigenvalue weighted by molar-refractivity contribution is 1.33. The van der Waals surface area contributed by atoms with Crippen LogP contribution in [0, 0.1) is 0 Å². The van der Waals surface area contributed by atoms with Gasteiger partial charge in [-0.25, -0.2) is 0 Å². The summed E-state index contributed by atoms with van der Waals surface area (Å²) in [5, 5.41) is 5.36. The summed E-state index contributed by atoms with van der Waals surface area (Å²) in [6, 6.07) is 39.6. The molecule has 0 spiro atoms. The Hall–Kier alpha value is -3.95. The smallest absolute Gasteiger partial charge is 0.0464 e. The first-order valence-electron chi connectivity index (χ1n) is 10.6. The molecule has 3 heterocycles. The lowest BCUT2D eigenvalue weighted by atomic mass is 10.2. The zero-order chi connectivity index (χ0) is 21.6. The largest absolute Gasteiger partial charge is 0.355 e. The normalized spacial score (nSPS) is 10.5. The zero-order valence-electron chi connectivity index (χ0n) is 17.5. The van der Waals surface area contributed by atoms with Crippen molar-refractivity contribution in [2.75, 3.05) is 0 Å². The third-order valence-corrected chi connectivity index (χ3v) is 6.42. The van der Waals surface area contributed by atoms with Crippen LogP contribution in [0.25, 0.3) is 42.0 Å². The molecule has 0 unspecified atom stereocenters. The maximum atomic E-state index is 3.78. The number of para-hydroxylation sites is 2. The van der Waals surface area contributed by atoms with Crippen molar-refractivity contribution >= 4 is 53.3 Å². The van der Waals surface area contributed by atoms with E-state index in [-0.39, 0.29) is 0 Å². The number of thiophene rings is 1. The van der Waals surface area contributed by atoms with E-state index in [0.29, 0.717) is 0 Å². The SMILES string of the molecule is c1ccc2c(c1)[nH]c1ccccc12.c1ccc2c(c1)sc1ccccc12.c1ccncc1. The molecule has 0 aliphatic rings. The van der Waals surface area contributed by atoms with Crippen LogP contribution < -0.4 is 0 Å². The highest BCUT2D eigenvalue weighted by Gasteiger charge is 2.01. The molecule has 1 N–H and O–H groups in total. The van der Waals surface area contributed by atoms with E-state index < -0.39 is 0 Å². The van der Waals surface area contributed by atoms with Crippen molar-refractivity contribution in [1.29, 1.82) is 0 Å². The van der Waals surface area contributed by atoms with Gasteiger partial charge in [0.05, 0.1) is 0 Å². The fourth-order valence-electron chi connectivity index (χ4n) is 3.79. The Balaban J connectivity index is 0.000000109. The molecule has 0 saturated heterocycles. The van der Waals surface area contributed by atoms with E-state index in [2.05, 4.69) is 107 Å². The van der Waals surface area contributed by atoms with Gasteiger partial charge in [0.1, 0.15) is 0 Å². The molecule has 3 aromatic heterocycles. The van der Waals surface area contributed by atoms with Crippen LogP contribution in [0.4, 0.5) is 0 Å². The van der Waals surface area contributed by atoms with E-state index in [0.717, 1.165) is 0 Å². The molecule has 0 amide bonds. The standard InChI is InChI=1S/C12H9N.C12H8S.C5H5N/c2*1-3-7-11-9(5-1)10-6-2-4-8-12(10)13-11;1-2-4-6-5-3-1/h1-8,13H;1-8H;1-5H. The Labute approximate surface area is 190 Å². The lowest BCUT2D eigenvalue weighted by Crippen LogP contribution is -1.62. The molecule has 2 nitrogen and oxygen atoms in total. The minimum absolute atomic E-state index is 1.21. The van der Waals surface area contributed by atoms with Crippen LogP contribution in [-0.4, -0.2) is 9.97 Å². The summed E-state index contributed by atoms with van der Waals surface area (Å²) in [5.41, 5.74) is 2.42. The van der Waals surface area contributed by atoms with Gasteiger partial charge in [0.2, 0.25) is 0 Å². The number of nitrogens with zero attached hydrogens (tertiary/aromatic N) is 1. The quantitative estimate of drug-likeness (QED) is 0.257. The molecule has 0 radical (unpaired) electrons. The highest BCUT2D eigenvalue weighted by atomic mass is 32.1. The number of hydrogen-bond acceptors (Lipinski definition) is 2. The van der Waals surface area contributed by atoms with Gasteiger partial charge in [-0.1, -0.05) is 78.9 Å². The van der Waals surface area contributed by atoms with Crippen LogP contribution in [0.1, 0.15) is 0 Å². The number of pyridine rings is 1. The molecule has 7 aromatic rings. The van der Waals surface area contributed by atoms with Gasteiger partial charge in [-0.15, -0.1) is 11.3 Å². The van der Waals surface area contributed by atoms with E-state index >= 15 is 0 Å². The summed E-state index contributed by atoms with van der Waals surface area (Å²) in [4.78, 5) is 7.16. The first-order chi connectivity index (χ1) is 15.9. The highest BCUT2D eigenvalue weighted by molar-refractivity contribution is 7.25. The average Bonchev–Trinajstić information content (AvgIpc) is 3.44.